The van der Waals surface area contributed by atoms with Gasteiger partial charge in [-0.2, -0.15) is 0 Å². The van der Waals surface area contributed by atoms with Crippen LogP contribution in [0.3, 0.4) is 0 Å². The van der Waals surface area contributed by atoms with Crippen LogP contribution in [-0.4, -0.2) is 37.6 Å². The van der Waals surface area contributed by atoms with Gasteiger partial charge in [-0.3, -0.25) is 9.59 Å². The molecule has 102 valence electrons. The molecule has 18 heavy (non-hydrogen) atoms. The molecule has 2 fully saturated rings. The molecule has 1 saturated carbocycles. The van der Waals surface area contributed by atoms with Crippen molar-refractivity contribution in [3.05, 3.63) is 0 Å². The van der Waals surface area contributed by atoms with Gasteiger partial charge in [0.05, 0.1) is 17.9 Å². The Labute approximate surface area is 108 Å². The van der Waals surface area contributed by atoms with Gasteiger partial charge in [0.25, 0.3) is 0 Å². The van der Waals surface area contributed by atoms with Crippen LogP contribution in [0.2, 0.25) is 0 Å². The van der Waals surface area contributed by atoms with Crippen molar-refractivity contribution in [1.29, 1.82) is 0 Å². The zero-order valence-electron chi connectivity index (χ0n) is 10.9. The highest BCUT2D eigenvalue weighted by molar-refractivity contribution is 5.92. The standard InChI is InChI=1S/C13H22N2O3/c1-2-5-14-12(16)10-7-11(10)13(17)15-8-9-4-3-6-18-9/h9-11H,2-8H2,1H3,(H,14,16)(H,15,17). The summed E-state index contributed by atoms with van der Waals surface area (Å²) in [7, 11) is 0. The van der Waals surface area contributed by atoms with E-state index in [1.807, 2.05) is 6.92 Å². The molecule has 2 rings (SSSR count). The fourth-order valence-electron chi connectivity index (χ4n) is 2.30. The van der Waals surface area contributed by atoms with Gasteiger partial charge in [0, 0.05) is 19.7 Å². The molecule has 5 nitrogen and oxygen atoms in total. The van der Waals surface area contributed by atoms with Crippen LogP contribution in [0.4, 0.5) is 0 Å². The van der Waals surface area contributed by atoms with Crippen molar-refractivity contribution in [3.63, 3.8) is 0 Å². The minimum absolute atomic E-state index is 0.00199. The molecule has 1 heterocycles. The maximum atomic E-state index is 11.8. The Bertz CT molecular complexity index is 313. The van der Waals surface area contributed by atoms with Crippen LogP contribution in [-0.2, 0) is 14.3 Å². The molecule has 3 unspecified atom stereocenters. The smallest absolute Gasteiger partial charge is 0.224 e. The highest BCUT2D eigenvalue weighted by atomic mass is 16.5. The van der Waals surface area contributed by atoms with E-state index >= 15 is 0 Å². The summed E-state index contributed by atoms with van der Waals surface area (Å²) >= 11 is 0. The summed E-state index contributed by atoms with van der Waals surface area (Å²) in [6.07, 6.45) is 3.87. The molecule has 5 heteroatoms. The average molecular weight is 254 g/mol. The molecule has 0 spiro atoms. The lowest BCUT2D eigenvalue weighted by Gasteiger charge is -2.10. The molecular formula is C13H22N2O3. The first-order chi connectivity index (χ1) is 8.72. The molecular weight excluding hydrogens is 232 g/mol. The van der Waals surface area contributed by atoms with E-state index in [0.29, 0.717) is 19.5 Å². The Balaban J connectivity index is 1.64. The van der Waals surface area contributed by atoms with E-state index in [1.54, 1.807) is 0 Å². The van der Waals surface area contributed by atoms with Crippen molar-refractivity contribution in [3.8, 4) is 0 Å². The van der Waals surface area contributed by atoms with Crippen molar-refractivity contribution in [2.75, 3.05) is 19.7 Å². The van der Waals surface area contributed by atoms with Gasteiger partial charge in [-0.1, -0.05) is 6.92 Å². The lowest BCUT2D eigenvalue weighted by atomic mass is 10.2. The van der Waals surface area contributed by atoms with E-state index < -0.39 is 0 Å². The summed E-state index contributed by atoms with van der Waals surface area (Å²) in [6, 6.07) is 0. The lowest BCUT2D eigenvalue weighted by molar-refractivity contribution is -0.127. The molecule has 0 aromatic heterocycles. The van der Waals surface area contributed by atoms with E-state index in [4.69, 9.17) is 4.74 Å². The van der Waals surface area contributed by atoms with Crippen LogP contribution >= 0.6 is 0 Å². The fourth-order valence-corrected chi connectivity index (χ4v) is 2.30. The number of rotatable bonds is 6. The van der Waals surface area contributed by atoms with E-state index in [-0.39, 0.29) is 29.8 Å². The van der Waals surface area contributed by atoms with Gasteiger partial charge in [0.15, 0.2) is 0 Å². The van der Waals surface area contributed by atoms with Crippen LogP contribution < -0.4 is 10.6 Å². The van der Waals surface area contributed by atoms with Crippen molar-refractivity contribution in [1.82, 2.24) is 10.6 Å². The topological polar surface area (TPSA) is 67.4 Å². The molecule has 3 atom stereocenters. The number of ether oxygens (including phenoxy) is 1. The predicted molar refractivity (Wildman–Crippen MR) is 66.9 cm³/mol. The third-order valence-electron chi connectivity index (χ3n) is 3.54. The number of carbonyl (C=O) groups excluding carboxylic acids is 2. The Kier molecular flexibility index (Phi) is 4.58. The molecule has 2 N–H and O–H groups in total. The molecule has 1 saturated heterocycles. The molecule has 0 radical (unpaired) electrons. The van der Waals surface area contributed by atoms with Crippen LogP contribution in [0, 0.1) is 11.8 Å². The predicted octanol–water partition coefficient (Wildman–Crippen LogP) is 0.444. The van der Waals surface area contributed by atoms with Gasteiger partial charge < -0.3 is 15.4 Å². The number of hydrogen-bond acceptors (Lipinski definition) is 3. The molecule has 0 bridgehead atoms. The van der Waals surface area contributed by atoms with Crippen molar-refractivity contribution in [2.45, 2.75) is 38.7 Å². The van der Waals surface area contributed by atoms with Crippen LogP contribution in [0.15, 0.2) is 0 Å². The zero-order chi connectivity index (χ0) is 13.0. The van der Waals surface area contributed by atoms with Gasteiger partial charge in [0.1, 0.15) is 0 Å². The Morgan fingerprint density at radius 1 is 1.22 bits per heavy atom. The van der Waals surface area contributed by atoms with Crippen molar-refractivity contribution >= 4 is 11.8 Å². The Hall–Kier alpha value is -1.10. The first-order valence-corrected chi connectivity index (χ1v) is 6.89. The summed E-state index contributed by atoms with van der Waals surface area (Å²) in [5, 5.41) is 5.72. The summed E-state index contributed by atoms with van der Waals surface area (Å²) in [5.74, 6) is -0.208. The summed E-state index contributed by atoms with van der Waals surface area (Å²) < 4.78 is 5.44. The van der Waals surface area contributed by atoms with Crippen LogP contribution in [0.1, 0.15) is 32.6 Å². The molecule has 1 aliphatic heterocycles. The number of carbonyl (C=O) groups is 2. The third kappa shape index (κ3) is 3.45. The van der Waals surface area contributed by atoms with E-state index in [9.17, 15) is 9.59 Å². The van der Waals surface area contributed by atoms with Crippen molar-refractivity contribution < 1.29 is 14.3 Å². The maximum absolute atomic E-state index is 11.8. The lowest BCUT2D eigenvalue weighted by Crippen LogP contribution is -2.34. The van der Waals surface area contributed by atoms with Gasteiger partial charge in [-0.05, 0) is 25.7 Å². The minimum atomic E-state index is -0.122. The second kappa shape index (κ2) is 6.18. The second-order valence-corrected chi connectivity index (χ2v) is 5.12. The van der Waals surface area contributed by atoms with Gasteiger partial charge in [-0.25, -0.2) is 0 Å². The van der Waals surface area contributed by atoms with E-state index in [2.05, 4.69) is 10.6 Å². The summed E-state index contributed by atoms with van der Waals surface area (Å²) in [5.41, 5.74) is 0. The van der Waals surface area contributed by atoms with Crippen LogP contribution in [0.5, 0.6) is 0 Å². The maximum Gasteiger partial charge on any atom is 0.224 e. The zero-order valence-corrected chi connectivity index (χ0v) is 10.9. The third-order valence-corrected chi connectivity index (χ3v) is 3.54. The van der Waals surface area contributed by atoms with Gasteiger partial charge in [-0.15, -0.1) is 0 Å². The number of hydrogen-bond donors (Lipinski definition) is 2. The normalized spacial score (nSPS) is 29.9. The molecule has 2 aliphatic rings. The summed E-state index contributed by atoms with van der Waals surface area (Å²) in [6.45, 7) is 4.09. The molecule has 0 aromatic carbocycles. The molecule has 1 aliphatic carbocycles. The highest BCUT2D eigenvalue weighted by Crippen LogP contribution is 2.38. The SMILES string of the molecule is CCCNC(=O)C1CC1C(=O)NCC1CCCO1. The average Bonchev–Trinajstić information content (AvgIpc) is 3.01. The Morgan fingerprint density at radius 3 is 2.56 bits per heavy atom. The minimum Gasteiger partial charge on any atom is -0.376 e. The van der Waals surface area contributed by atoms with Gasteiger partial charge >= 0.3 is 0 Å². The second-order valence-electron chi connectivity index (χ2n) is 5.12. The highest BCUT2D eigenvalue weighted by Gasteiger charge is 2.47. The fraction of sp³-hybridized carbons (Fsp3) is 0.846. The number of nitrogens with one attached hydrogen (secondary N) is 2. The largest absolute Gasteiger partial charge is 0.376 e. The van der Waals surface area contributed by atoms with E-state index in [0.717, 1.165) is 25.9 Å². The van der Waals surface area contributed by atoms with E-state index in [1.165, 1.54) is 0 Å². The summed E-state index contributed by atoms with van der Waals surface area (Å²) in [4.78, 5) is 23.4. The van der Waals surface area contributed by atoms with Crippen LogP contribution in [0.25, 0.3) is 0 Å². The first-order valence-electron chi connectivity index (χ1n) is 6.89. The Morgan fingerprint density at radius 2 is 1.94 bits per heavy atom. The monoisotopic (exact) mass is 254 g/mol. The van der Waals surface area contributed by atoms with Gasteiger partial charge in [0.2, 0.25) is 11.8 Å². The molecule has 2 amide bonds. The quantitative estimate of drug-likeness (QED) is 0.723. The molecule has 0 aromatic rings. The van der Waals surface area contributed by atoms with Crippen molar-refractivity contribution in [2.24, 2.45) is 11.8 Å². The first kappa shape index (κ1) is 13.3. The number of amides is 2.